The van der Waals surface area contributed by atoms with Gasteiger partial charge in [-0.1, -0.05) is 24.1 Å². The minimum atomic E-state index is -0.549. The van der Waals surface area contributed by atoms with Crippen LogP contribution in [0.4, 0.5) is 15.9 Å². The molecule has 0 bridgehead atoms. The van der Waals surface area contributed by atoms with Crippen LogP contribution < -0.4 is 11.1 Å². The third kappa shape index (κ3) is 6.82. The number of allylic oxidation sites excluding steroid dienone is 1. The van der Waals surface area contributed by atoms with Gasteiger partial charge in [0.2, 0.25) is 5.91 Å². The van der Waals surface area contributed by atoms with Crippen molar-refractivity contribution in [3.8, 4) is 0 Å². The standard InChI is InChI=1S/C28H35ClFN5O3/c1-3-24(38-20-12-10-19(11-13-20)35-14-5-4-9-23(35)28(31)36)25(37-2)15-18-16-26(33-17-32-18)34-22-8-6-7-21(29)27(22)30/h3,6-8,15-17,19-20,23H,4-5,9-14H2,1-2H3,(H2,31,36)(H,32,33,34)/b24-3+,25-15+/t19-,20-,23-/m1/s1. The first-order valence-corrected chi connectivity index (χ1v) is 13.4. The topological polar surface area (TPSA) is 103 Å². The van der Waals surface area contributed by atoms with Gasteiger partial charge in [0, 0.05) is 18.2 Å². The molecule has 1 atom stereocenters. The van der Waals surface area contributed by atoms with E-state index in [1.807, 2.05) is 13.0 Å². The highest BCUT2D eigenvalue weighted by molar-refractivity contribution is 6.31. The molecule has 1 saturated carbocycles. The maximum atomic E-state index is 14.3. The molecule has 204 valence electrons. The molecule has 3 N–H and O–H groups in total. The molecule has 2 fully saturated rings. The summed E-state index contributed by atoms with van der Waals surface area (Å²) < 4.78 is 26.3. The van der Waals surface area contributed by atoms with Gasteiger partial charge in [-0.2, -0.15) is 0 Å². The maximum absolute atomic E-state index is 14.3. The number of nitrogens with zero attached hydrogens (tertiary/aromatic N) is 3. The number of carbonyl (C=O) groups is 1. The minimum Gasteiger partial charge on any atom is -0.493 e. The van der Waals surface area contributed by atoms with Gasteiger partial charge in [0.25, 0.3) is 0 Å². The number of benzene rings is 1. The molecule has 1 amide bonds. The van der Waals surface area contributed by atoms with Crippen molar-refractivity contribution in [3.05, 3.63) is 64.7 Å². The molecule has 0 spiro atoms. The maximum Gasteiger partial charge on any atom is 0.234 e. The van der Waals surface area contributed by atoms with Crippen molar-refractivity contribution in [2.24, 2.45) is 5.73 Å². The van der Waals surface area contributed by atoms with E-state index >= 15 is 0 Å². The quantitative estimate of drug-likeness (QED) is 0.315. The van der Waals surface area contributed by atoms with Crippen LogP contribution in [0.25, 0.3) is 6.08 Å². The minimum absolute atomic E-state index is 0.0263. The number of nitrogens with two attached hydrogens (primary N) is 1. The van der Waals surface area contributed by atoms with Gasteiger partial charge in [-0.15, -0.1) is 0 Å². The molecule has 1 aromatic heterocycles. The van der Waals surface area contributed by atoms with Crippen molar-refractivity contribution in [2.75, 3.05) is 19.0 Å². The number of anilines is 2. The number of aromatic nitrogens is 2. The average Bonchev–Trinajstić information content (AvgIpc) is 2.93. The Morgan fingerprint density at radius 3 is 2.68 bits per heavy atom. The van der Waals surface area contributed by atoms with E-state index in [1.165, 1.54) is 12.4 Å². The van der Waals surface area contributed by atoms with Gasteiger partial charge in [0.1, 0.15) is 12.1 Å². The summed E-state index contributed by atoms with van der Waals surface area (Å²) in [6.07, 6.45) is 11.8. The molecule has 0 radical (unpaired) electrons. The second kappa shape index (κ2) is 13.1. The zero-order chi connectivity index (χ0) is 27.1. The van der Waals surface area contributed by atoms with Crippen molar-refractivity contribution in [1.82, 2.24) is 14.9 Å². The van der Waals surface area contributed by atoms with Crippen LogP contribution in [0.5, 0.6) is 0 Å². The van der Waals surface area contributed by atoms with Crippen molar-refractivity contribution >= 4 is 35.1 Å². The lowest BCUT2D eigenvalue weighted by Gasteiger charge is -2.42. The largest absolute Gasteiger partial charge is 0.493 e. The lowest BCUT2D eigenvalue weighted by molar-refractivity contribution is -0.126. The number of hydrogen-bond acceptors (Lipinski definition) is 7. The average molecular weight is 544 g/mol. The Bertz CT molecular complexity index is 1180. The number of likely N-dealkylation sites (tertiary alicyclic amines) is 1. The number of halogens is 2. The SMILES string of the molecule is C/C=C(O[C@H]1CC[C@H](N2CCCC[C@@H]2C(N)=O)CC1)\C(=C/c1cc(Nc2cccc(Cl)c2F)ncn1)OC. The summed E-state index contributed by atoms with van der Waals surface area (Å²) in [5, 5.41) is 2.96. The van der Waals surface area contributed by atoms with E-state index < -0.39 is 5.82 Å². The smallest absolute Gasteiger partial charge is 0.234 e. The number of rotatable bonds is 9. The molecule has 2 aliphatic rings. The molecular weight excluding hydrogens is 509 g/mol. The lowest BCUT2D eigenvalue weighted by Crippen LogP contribution is -2.53. The Morgan fingerprint density at radius 1 is 1.18 bits per heavy atom. The normalized spacial score (nSPS) is 23.1. The van der Waals surface area contributed by atoms with Crippen LogP contribution in [0, 0.1) is 5.82 Å². The molecule has 1 aliphatic carbocycles. The molecule has 8 nitrogen and oxygen atoms in total. The lowest BCUT2D eigenvalue weighted by atomic mass is 9.88. The first kappa shape index (κ1) is 27.9. The number of nitrogens with one attached hydrogen (secondary N) is 1. The predicted molar refractivity (Wildman–Crippen MR) is 146 cm³/mol. The second-order valence-corrected chi connectivity index (χ2v) is 10.0. The van der Waals surface area contributed by atoms with E-state index in [9.17, 15) is 9.18 Å². The Kier molecular flexibility index (Phi) is 9.58. The number of hydrogen-bond donors (Lipinski definition) is 2. The fourth-order valence-electron chi connectivity index (χ4n) is 5.26. The van der Waals surface area contributed by atoms with Gasteiger partial charge in [-0.05, 0) is 70.2 Å². The van der Waals surface area contributed by atoms with Crippen LogP contribution in [0.2, 0.25) is 5.02 Å². The van der Waals surface area contributed by atoms with Crippen LogP contribution in [0.1, 0.15) is 57.6 Å². The highest BCUT2D eigenvalue weighted by atomic mass is 35.5. The van der Waals surface area contributed by atoms with Crippen molar-refractivity contribution in [1.29, 1.82) is 0 Å². The number of primary amides is 1. The van der Waals surface area contributed by atoms with E-state index in [-0.39, 0.29) is 28.8 Å². The fourth-order valence-corrected chi connectivity index (χ4v) is 5.44. The van der Waals surface area contributed by atoms with E-state index in [4.69, 9.17) is 26.8 Å². The van der Waals surface area contributed by atoms with Crippen molar-refractivity contribution in [2.45, 2.75) is 70.1 Å². The van der Waals surface area contributed by atoms with Crippen molar-refractivity contribution < 1.29 is 18.7 Å². The molecule has 4 rings (SSSR count). The summed E-state index contributed by atoms with van der Waals surface area (Å²) in [6.45, 7) is 2.83. The van der Waals surface area contributed by atoms with Crippen molar-refractivity contribution in [3.63, 3.8) is 0 Å². The number of piperidine rings is 1. The Hall–Kier alpha value is -3.17. The summed E-state index contributed by atoms with van der Waals surface area (Å²) in [4.78, 5) is 22.7. The summed E-state index contributed by atoms with van der Waals surface area (Å²) in [5.74, 6) is 0.800. The van der Waals surface area contributed by atoms with E-state index in [2.05, 4.69) is 20.2 Å². The van der Waals surface area contributed by atoms with Gasteiger partial charge >= 0.3 is 0 Å². The molecule has 1 aromatic carbocycles. The van der Waals surface area contributed by atoms with E-state index in [0.29, 0.717) is 29.1 Å². The number of carbonyl (C=O) groups excluding carboxylic acids is 1. The zero-order valence-electron chi connectivity index (χ0n) is 21.8. The van der Waals surface area contributed by atoms with Gasteiger partial charge in [0.05, 0.1) is 35.7 Å². The molecule has 38 heavy (non-hydrogen) atoms. The Morgan fingerprint density at radius 2 is 1.97 bits per heavy atom. The van der Waals surface area contributed by atoms with Crippen LogP contribution >= 0.6 is 11.6 Å². The fraction of sp³-hybridized carbons (Fsp3) is 0.464. The predicted octanol–water partition coefficient (Wildman–Crippen LogP) is 5.57. The van der Waals surface area contributed by atoms with Gasteiger partial charge in [0.15, 0.2) is 17.3 Å². The van der Waals surface area contributed by atoms with E-state index in [0.717, 1.165) is 51.5 Å². The highest BCUT2D eigenvalue weighted by Gasteiger charge is 2.35. The van der Waals surface area contributed by atoms with Crippen LogP contribution in [-0.2, 0) is 14.3 Å². The number of methoxy groups -OCH3 is 1. The third-order valence-electron chi connectivity index (χ3n) is 7.19. The molecular formula is C28H35ClFN5O3. The van der Waals surface area contributed by atoms with Crippen LogP contribution in [0.3, 0.4) is 0 Å². The van der Waals surface area contributed by atoms with Crippen LogP contribution in [-0.4, -0.2) is 52.6 Å². The monoisotopic (exact) mass is 543 g/mol. The number of amides is 1. The molecule has 2 heterocycles. The molecule has 10 heteroatoms. The Labute approximate surface area is 228 Å². The van der Waals surface area contributed by atoms with Gasteiger partial charge in [-0.3, -0.25) is 9.69 Å². The molecule has 0 unspecified atom stereocenters. The summed E-state index contributed by atoms with van der Waals surface area (Å²) in [7, 11) is 1.58. The summed E-state index contributed by atoms with van der Waals surface area (Å²) in [6, 6.07) is 6.62. The molecule has 1 saturated heterocycles. The van der Waals surface area contributed by atoms with E-state index in [1.54, 1.807) is 31.4 Å². The van der Waals surface area contributed by atoms with Crippen LogP contribution in [0.15, 0.2) is 48.2 Å². The molecule has 1 aliphatic heterocycles. The first-order chi connectivity index (χ1) is 18.4. The highest BCUT2D eigenvalue weighted by Crippen LogP contribution is 2.32. The first-order valence-electron chi connectivity index (χ1n) is 13.1. The summed E-state index contributed by atoms with van der Waals surface area (Å²) >= 11 is 5.88. The van der Waals surface area contributed by atoms with Gasteiger partial charge in [-0.25, -0.2) is 14.4 Å². The second-order valence-electron chi connectivity index (χ2n) is 9.62. The van der Waals surface area contributed by atoms with Gasteiger partial charge < -0.3 is 20.5 Å². The Balaban J connectivity index is 1.40. The zero-order valence-corrected chi connectivity index (χ0v) is 22.6. The third-order valence-corrected chi connectivity index (χ3v) is 7.48. The number of ether oxygens (including phenoxy) is 2. The molecule has 2 aromatic rings. The summed E-state index contributed by atoms with van der Waals surface area (Å²) in [5.41, 5.74) is 6.47.